The Morgan fingerprint density at radius 3 is 2.91 bits per heavy atom. The highest BCUT2D eigenvalue weighted by Crippen LogP contribution is 2.22. The highest BCUT2D eigenvalue weighted by Gasteiger charge is 2.31. The summed E-state index contributed by atoms with van der Waals surface area (Å²) in [4.78, 5) is 13.9. The number of anilines is 1. The highest BCUT2D eigenvalue weighted by atomic mass is 19.1. The van der Waals surface area contributed by atoms with Gasteiger partial charge in [0.1, 0.15) is 17.5 Å². The number of carbonyl (C=O) groups is 1. The van der Waals surface area contributed by atoms with E-state index in [1.807, 2.05) is 26.8 Å². The second kappa shape index (κ2) is 6.86. The summed E-state index contributed by atoms with van der Waals surface area (Å²) in [6.45, 7) is 6.74. The molecule has 1 unspecified atom stereocenters. The molecule has 0 bridgehead atoms. The fraction of sp³-hybridized carbons (Fsp3) is 0.529. The van der Waals surface area contributed by atoms with Crippen LogP contribution in [0.5, 0.6) is 0 Å². The van der Waals surface area contributed by atoms with E-state index < -0.39 is 11.4 Å². The van der Waals surface area contributed by atoms with Crippen molar-refractivity contribution in [1.82, 2.24) is 4.90 Å². The van der Waals surface area contributed by atoms with Gasteiger partial charge < -0.3 is 15.0 Å². The molecule has 2 rings (SSSR count). The molecule has 1 aromatic carbocycles. The summed E-state index contributed by atoms with van der Waals surface area (Å²) >= 11 is 0. The minimum Gasteiger partial charge on any atom is -0.444 e. The van der Waals surface area contributed by atoms with E-state index in [4.69, 9.17) is 10.00 Å². The predicted octanol–water partition coefficient (Wildman–Crippen LogP) is 3.51. The van der Waals surface area contributed by atoms with Crippen molar-refractivity contribution in [2.75, 3.05) is 18.4 Å². The smallest absolute Gasteiger partial charge is 0.410 e. The number of halogens is 1. The van der Waals surface area contributed by atoms with Gasteiger partial charge in [-0.25, -0.2) is 9.18 Å². The highest BCUT2D eigenvalue weighted by molar-refractivity contribution is 5.69. The van der Waals surface area contributed by atoms with Crippen LogP contribution in [0.1, 0.15) is 39.2 Å². The fourth-order valence-corrected chi connectivity index (χ4v) is 2.57. The van der Waals surface area contributed by atoms with E-state index in [0.29, 0.717) is 18.8 Å². The molecular formula is C17H22FN3O2. The summed E-state index contributed by atoms with van der Waals surface area (Å²) in [6.07, 6.45) is 1.51. The second-order valence-electron chi connectivity index (χ2n) is 6.66. The lowest BCUT2D eigenvalue weighted by Gasteiger charge is -2.29. The number of hydrogen-bond donors (Lipinski definition) is 1. The number of nitriles is 1. The molecule has 0 radical (unpaired) electrons. The first-order valence-corrected chi connectivity index (χ1v) is 7.73. The van der Waals surface area contributed by atoms with E-state index in [0.717, 1.165) is 12.8 Å². The van der Waals surface area contributed by atoms with Gasteiger partial charge in [-0.2, -0.15) is 5.26 Å². The SMILES string of the molecule is CC(C)(C)OC(=O)N1CCCC1CNc1ccc(F)c(C#N)c1. The number of nitrogens with zero attached hydrogens (tertiary/aromatic N) is 2. The van der Waals surface area contributed by atoms with Crippen LogP contribution in [0.3, 0.4) is 0 Å². The molecule has 0 saturated carbocycles. The molecule has 1 heterocycles. The lowest BCUT2D eigenvalue weighted by molar-refractivity contribution is 0.0235. The third-order valence-corrected chi connectivity index (χ3v) is 3.63. The normalized spacial score (nSPS) is 17.7. The molecule has 1 aliphatic heterocycles. The van der Waals surface area contributed by atoms with Crippen molar-refractivity contribution in [3.63, 3.8) is 0 Å². The average molecular weight is 319 g/mol. The summed E-state index contributed by atoms with van der Waals surface area (Å²) < 4.78 is 18.7. The van der Waals surface area contributed by atoms with Crippen molar-refractivity contribution in [3.05, 3.63) is 29.6 Å². The van der Waals surface area contributed by atoms with Gasteiger partial charge in [0.2, 0.25) is 0 Å². The number of hydrogen-bond acceptors (Lipinski definition) is 4. The first-order valence-electron chi connectivity index (χ1n) is 7.73. The zero-order chi connectivity index (χ0) is 17.0. The second-order valence-corrected chi connectivity index (χ2v) is 6.66. The van der Waals surface area contributed by atoms with Crippen molar-refractivity contribution >= 4 is 11.8 Å². The molecule has 5 nitrogen and oxygen atoms in total. The Kier molecular flexibility index (Phi) is 5.09. The Hall–Kier alpha value is -2.29. The van der Waals surface area contributed by atoms with Gasteiger partial charge in [-0.05, 0) is 51.8 Å². The van der Waals surface area contributed by atoms with E-state index in [-0.39, 0.29) is 17.7 Å². The molecule has 1 atom stereocenters. The molecule has 0 spiro atoms. The lowest BCUT2D eigenvalue weighted by atomic mass is 10.2. The van der Waals surface area contributed by atoms with Crippen LogP contribution in [-0.4, -0.2) is 35.7 Å². The molecule has 0 aliphatic carbocycles. The van der Waals surface area contributed by atoms with E-state index in [2.05, 4.69) is 5.32 Å². The fourth-order valence-electron chi connectivity index (χ4n) is 2.57. The van der Waals surface area contributed by atoms with Crippen molar-refractivity contribution in [1.29, 1.82) is 5.26 Å². The summed E-state index contributed by atoms with van der Waals surface area (Å²) in [7, 11) is 0. The van der Waals surface area contributed by atoms with Crippen molar-refractivity contribution < 1.29 is 13.9 Å². The zero-order valence-electron chi connectivity index (χ0n) is 13.7. The molecule has 124 valence electrons. The van der Waals surface area contributed by atoms with Crippen molar-refractivity contribution in [2.24, 2.45) is 0 Å². The minimum atomic E-state index is -0.533. The van der Waals surface area contributed by atoms with Crippen LogP contribution in [0.25, 0.3) is 0 Å². The van der Waals surface area contributed by atoms with Crippen LogP contribution in [0, 0.1) is 17.1 Å². The molecule has 6 heteroatoms. The third kappa shape index (κ3) is 4.59. The Labute approximate surface area is 136 Å². The number of benzene rings is 1. The van der Waals surface area contributed by atoms with E-state index in [1.165, 1.54) is 12.1 Å². The molecule has 1 fully saturated rings. The van der Waals surface area contributed by atoms with E-state index in [1.54, 1.807) is 11.0 Å². The number of ether oxygens (including phenoxy) is 1. The van der Waals surface area contributed by atoms with Crippen LogP contribution < -0.4 is 5.32 Å². The molecule has 1 amide bonds. The Bertz CT molecular complexity index is 619. The number of rotatable bonds is 3. The summed E-state index contributed by atoms with van der Waals surface area (Å²) in [5.74, 6) is -0.533. The molecule has 1 aromatic rings. The number of nitrogens with one attached hydrogen (secondary N) is 1. The Morgan fingerprint density at radius 1 is 1.52 bits per heavy atom. The molecule has 1 saturated heterocycles. The third-order valence-electron chi connectivity index (χ3n) is 3.63. The molecule has 23 heavy (non-hydrogen) atoms. The molecule has 1 aliphatic rings. The van der Waals surface area contributed by atoms with Crippen molar-refractivity contribution in [2.45, 2.75) is 45.3 Å². The van der Waals surface area contributed by atoms with E-state index >= 15 is 0 Å². The summed E-state index contributed by atoms with van der Waals surface area (Å²) in [5.41, 5.74) is 0.153. The maximum absolute atomic E-state index is 13.3. The number of amides is 1. The van der Waals surface area contributed by atoms with Crippen LogP contribution in [0.4, 0.5) is 14.9 Å². The van der Waals surface area contributed by atoms with Gasteiger partial charge in [-0.1, -0.05) is 0 Å². The number of carbonyl (C=O) groups excluding carboxylic acids is 1. The van der Waals surface area contributed by atoms with Gasteiger partial charge in [0.15, 0.2) is 0 Å². The monoisotopic (exact) mass is 319 g/mol. The van der Waals surface area contributed by atoms with Gasteiger partial charge in [0.05, 0.1) is 11.6 Å². The maximum Gasteiger partial charge on any atom is 0.410 e. The quantitative estimate of drug-likeness (QED) is 0.926. The predicted molar refractivity (Wildman–Crippen MR) is 85.6 cm³/mol. The molecule has 0 aromatic heterocycles. The first-order chi connectivity index (χ1) is 10.8. The van der Waals surface area contributed by atoms with Gasteiger partial charge in [-0.15, -0.1) is 0 Å². The van der Waals surface area contributed by atoms with Gasteiger partial charge in [0, 0.05) is 18.8 Å². The summed E-state index contributed by atoms with van der Waals surface area (Å²) in [6, 6.07) is 6.17. The Balaban J connectivity index is 1.97. The minimum absolute atomic E-state index is 0.00502. The van der Waals surface area contributed by atoms with Gasteiger partial charge in [-0.3, -0.25) is 0 Å². The van der Waals surface area contributed by atoms with Gasteiger partial charge in [0.25, 0.3) is 0 Å². The topological polar surface area (TPSA) is 65.4 Å². The van der Waals surface area contributed by atoms with Crippen LogP contribution >= 0.6 is 0 Å². The van der Waals surface area contributed by atoms with Crippen molar-refractivity contribution in [3.8, 4) is 6.07 Å². The zero-order valence-corrected chi connectivity index (χ0v) is 13.7. The van der Waals surface area contributed by atoms with Crippen LogP contribution in [0.2, 0.25) is 0 Å². The van der Waals surface area contributed by atoms with Crippen LogP contribution in [-0.2, 0) is 4.74 Å². The molecule has 1 N–H and O–H groups in total. The summed E-state index contributed by atoms with van der Waals surface area (Å²) in [5, 5.41) is 12.0. The lowest BCUT2D eigenvalue weighted by Crippen LogP contribution is -2.42. The van der Waals surface area contributed by atoms with E-state index in [9.17, 15) is 9.18 Å². The number of likely N-dealkylation sites (tertiary alicyclic amines) is 1. The largest absolute Gasteiger partial charge is 0.444 e. The average Bonchev–Trinajstić information content (AvgIpc) is 2.93. The standard InChI is InChI=1S/C17H22FN3O2/c1-17(2,3)23-16(22)21-8-4-5-14(21)11-20-13-6-7-15(18)12(9-13)10-19/h6-7,9,14,20H,4-5,8,11H2,1-3H3. The first kappa shape index (κ1) is 17.1. The maximum atomic E-state index is 13.3. The van der Waals surface area contributed by atoms with Crippen LogP contribution in [0.15, 0.2) is 18.2 Å². The Morgan fingerprint density at radius 2 is 2.26 bits per heavy atom. The van der Waals surface area contributed by atoms with Gasteiger partial charge >= 0.3 is 6.09 Å². The molecular weight excluding hydrogens is 297 g/mol.